The van der Waals surface area contributed by atoms with Crippen molar-refractivity contribution in [3.8, 4) is 0 Å². The quantitative estimate of drug-likeness (QED) is 0.456. The van der Waals surface area contributed by atoms with Crippen LogP contribution in [0.2, 0.25) is 0 Å². The SMILES string of the molecule is CN(C)[C@@](C)(CCC(=O)N[C@@H](CS)C(=O)O)C(=O)O. The molecule has 0 heterocycles. The van der Waals surface area contributed by atoms with E-state index in [0.29, 0.717) is 0 Å². The lowest BCUT2D eigenvalue weighted by molar-refractivity contribution is -0.149. The van der Waals surface area contributed by atoms with Gasteiger partial charge in [0.25, 0.3) is 0 Å². The molecule has 8 heteroatoms. The van der Waals surface area contributed by atoms with E-state index in [4.69, 9.17) is 10.2 Å². The monoisotopic (exact) mass is 292 g/mol. The van der Waals surface area contributed by atoms with Crippen LogP contribution in [-0.2, 0) is 14.4 Å². The predicted octanol–water partition coefficient (Wildman–Crippen LogP) is -0.329. The molecule has 110 valence electrons. The van der Waals surface area contributed by atoms with E-state index in [9.17, 15) is 14.4 Å². The summed E-state index contributed by atoms with van der Waals surface area (Å²) in [5, 5.41) is 20.2. The Kier molecular flexibility index (Phi) is 6.85. The second kappa shape index (κ2) is 7.34. The summed E-state index contributed by atoms with van der Waals surface area (Å²) in [7, 11) is 3.22. The van der Waals surface area contributed by atoms with Gasteiger partial charge in [-0.05, 0) is 27.4 Å². The Morgan fingerprint density at radius 2 is 1.84 bits per heavy atom. The van der Waals surface area contributed by atoms with Crippen molar-refractivity contribution in [1.82, 2.24) is 10.2 Å². The highest BCUT2D eigenvalue weighted by molar-refractivity contribution is 7.80. The normalized spacial score (nSPS) is 15.6. The Balaban J connectivity index is 4.51. The molecule has 0 spiro atoms. The van der Waals surface area contributed by atoms with Gasteiger partial charge in [0.15, 0.2) is 0 Å². The smallest absolute Gasteiger partial charge is 0.327 e. The molecule has 0 radical (unpaired) electrons. The molecule has 0 unspecified atom stereocenters. The fourth-order valence-corrected chi connectivity index (χ4v) is 1.58. The van der Waals surface area contributed by atoms with E-state index >= 15 is 0 Å². The number of nitrogens with one attached hydrogen (secondary N) is 1. The number of carbonyl (C=O) groups is 3. The van der Waals surface area contributed by atoms with E-state index in [1.165, 1.54) is 11.8 Å². The maximum absolute atomic E-state index is 11.6. The predicted molar refractivity (Wildman–Crippen MR) is 72.4 cm³/mol. The molecule has 0 aromatic heterocycles. The molecule has 0 aliphatic rings. The summed E-state index contributed by atoms with van der Waals surface area (Å²) in [6.45, 7) is 1.51. The average molecular weight is 292 g/mol. The molecule has 19 heavy (non-hydrogen) atoms. The Labute approximate surface area is 117 Å². The zero-order chi connectivity index (χ0) is 15.2. The number of aliphatic carboxylic acids is 2. The Hall–Kier alpha value is -1.28. The molecule has 0 aliphatic heterocycles. The Bertz CT molecular complexity index is 361. The first-order chi connectivity index (χ1) is 8.65. The van der Waals surface area contributed by atoms with Crippen molar-refractivity contribution in [3.63, 3.8) is 0 Å². The average Bonchev–Trinajstić information content (AvgIpc) is 2.31. The Morgan fingerprint density at radius 3 is 2.16 bits per heavy atom. The van der Waals surface area contributed by atoms with Crippen molar-refractivity contribution in [2.75, 3.05) is 19.8 Å². The summed E-state index contributed by atoms with van der Waals surface area (Å²) >= 11 is 3.82. The minimum atomic E-state index is -1.17. The third-order valence-corrected chi connectivity index (χ3v) is 3.47. The van der Waals surface area contributed by atoms with Crippen LogP contribution in [0.3, 0.4) is 0 Å². The maximum atomic E-state index is 11.6. The molecule has 7 nitrogen and oxygen atoms in total. The van der Waals surface area contributed by atoms with Gasteiger partial charge >= 0.3 is 11.9 Å². The first-order valence-electron chi connectivity index (χ1n) is 5.69. The number of nitrogens with zero attached hydrogens (tertiary/aromatic N) is 1. The van der Waals surface area contributed by atoms with Crippen molar-refractivity contribution < 1.29 is 24.6 Å². The van der Waals surface area contributed by atoms with Gasteiger partial charge < -0.3 is 15.5 Å². The van der Waals surface area contributed by atoms with Crippen LogP contribution in [-0.4, -0.2) is 64.4 Å². The highest BCUT2D eigenvalue weighted by atomic mass is 32.1. The topological polar surface area (TPSA) is 107 Å². The summed E-state index contributed by atoms with van der Waals surface area (Å²) < 4.78 is 0. The van der Waals surface area contributed by atoms with Gasteiger partial charge in [-0.3, -0.25) is 14.5 Å². The molecule has 0 aromatic rings. The molecule has 2 atom stereocenters. The third-order valence-electron chi connectivity index (χ3n) is 3.10. The zero-order valence-corrected chi connectivity index (χ0v) is 12.1. The standard InChI is InChI=1S/C11H20N2O5S/c1-11(10(17)18,13(2)3)5-4-8(14)12-7(6-19)9(15)16/h7,19H,4-6H2,1-3H3,(H,12,14)(H,15,16)(H,17,18)/t7-,11-/m0/s1. The molecule has 0 fully saturated rings. The van der Waals surface area contributed by atoms with Gasteiger partial charge in [-0.2, -0.15) is 12.6 Å². The molecule has 0 aromatic carbocycles. The molecular weight excluding hydrogens is 272 g/mol. The van der Waals surface area contributed by atoms with Gasteiger partial charge in [0.05, 0.1) is 0 Å². The summed E-state index contributed by atoms with van der Waals surface area (Å²) in [5.41, 5.74) is -1.17. The van der Waals surface area contributed by atoms with Gasteiger partial charge in [0, 0.05) is 12.2 Å². The van der Waals surface area contributed by atoms with Crippen LogP contribution in [0.5, 0.6) is 0 Å². The van der Waals surface area contributed by atoms with Gasteiger partial charge in [0.2, 0.25) is 5.91 Å². The summed E-state index contributed by atoms with van der Waals surface area (Å²) in [6.07, 6.45) is 0.0125. The highest BCUT2D eigenvalue weighted by Crippen LogP contribution is 2.18. The largest absolute Gasteiger partial charge is 0.480 e. The van der Waals surface area contributed by atoms with Crippen molar-refractivity contribution in [3.05, 3.63) is 0 Å². The van der Waals surface area contributed by atoms with Crippen molar-refractivity contribution in [2.24, 2.45) is 0 Å². The molecule has 0 aliphatic carbocycles. The number of carboxylic acid groups (broad SMARTS) is 2. The minimum absolute atomic E-state index is 0.0229. The van der Waals surface area contributed by atoms with Crippen molar-refractivity contribution in [1.29, 1.82) is 0 Å². The van der Waals surface area contributed by atoms with Crippen LogP contribution in [0.25, 0.3) is 0 Å². The summed E-state index contributed by atoms with van der Waals surface area (Å²) in [6, 6.07) is -1.06. The van der Waals surface area contributed by atoms with Crippen LogP contribution in [0, 0.1) is 0 Å². The molecule has 0 bridgehead atoms. The number of hydrogen-bond acceptors (Lipinski definition) is 5. The second-order valence-corrected chi connectivity index (χ2v) is 4.98. The first kappa shape index (κ1) is 17.7. The second-order valence-electron chi connectivity index (χ2n) is 4.61. The lowest BCUT2D eigenvalue weighted by Crippen LogP contribution is -2.50. The molecule has 0 saturated carbocycles. The van der Waals surface area contributed by atoms with Gasteiger partial charge in [-0.1, -0.05) is 0 Å². The van der Waals surface area contributed by atoms with Crippen LogP contribution in [0.1, 0.15) is 19.8 Å². The van der Waals surface area contributed by atoms with Crippen molar-refractivity contribution in [2.45, 2.75) is 31.3 Å². The third kappa shape index (κ3) is 5.07. The molecular formula is C11H20N2O5S. The van der Waals surface area contributed by atoms with Gasteiger partial charge in [-0.15, -0.1) is 0 Å². The van der Waals surface area contributed by atoms with Gasteiger partial charge in [0.1, 0.15) is 11.6 Å². The van der Waals surface area contributed by atoms with E-state index in [-0.39, 0.29) is 18.6 Å². The molecule has 3 N–H and O–H groups in total. The molecule has 0 rings (SSSR count). The highest BCUT2D eigenvalue weighted by Gasteiger charge is 2.36. The fourth-order valence-electron chi connectivity index (χ4n) is 1.33. The number of rotatable bonds is 8. The van der Waals surface area contributed by atoms with Crippen LogP contribution >= 0.6 is 12.6 Å². The number of thiol groups is 1. The number of hydrogen-bond donors (Lipinski definition) is 4. The Morgan fingerprint density at radius 1 is 1.32 bits per heavy atom. The number of carboxylic acids is 2. The number of likely N-dealkylation sites (N-methyl/N-ethyl adjacent to an activating group) is 1. The first-order valence-corrected chi connectivity index (χ1v) is 6.32. The van der Waals surface area contributed by atoms with E-state index in [0.717, 1.165) is 0 Å². The maximum Gasteiger partial charge on any atom is 0.327 e. The zero-order valence-electron chi connectivity index (χ0n) is 11.2. The van der Waals surface area contributed by atoms with E-state index in [1.807, 2.05) is 0 Å². The number of carbonyl (C=O) groups excluding carboxylic acids is 1. The minimum Gasteiger partial charge on any atom is -0.480 e. The summed E-state index contributed by atoms with van der Waals surface area (Å²) in [5.74, 6) is -2.73. The van der Waals surface area contributed by atoms with E-state index < -0.39 is 29.4 Å². The summed E-state index contributed by atoms with van der Waals surface area (Å²) in [4.78, 5) is 35.0. The van der Waals surface area contributed by atoms with E-state index in [2.05, 4.69) is 17.9 Å². The van der Waals surface area contributed by atoms with Crippen LogP contribution < -0.4 is 5.32 Å². The van der Waals surface area contributed by atoms with Gasteiger partial charge in [-0.25, -0.2) is 4.79 Å². The lowest BCUT2D eigenvalue weighted by Gasteiger charge is -2.31. The fraction of sp³-hybridized carbons (Fsp3) is 0.727. The lowest BCUT2D eigenvalue weighted by atomic mass is 9.94. The molecule has 0 saturated heterocycles. The van der Waals surface area contributed by atoms with E-state index in [1.54, 1.807) is 14.1 Å². The van der Waals surface area contributed by atoms with Crippen molar-refractivity contribution >= 4 is 30.5 Å². The number of amides is 1. The van der Waals surface area contributed by atoms with Crippen LogP contribution in [0.15, 0.2) is 0 Å². The molecule has 1 amide bonds. The van der Waals surface area contributed by atoms with Crippen LogP contribution in [0.4, 0.5) is 0 Å².